The number of rotatable bonds is 3. The van der Waals surface area contributed by atoms with Gasteiger partial charge in [0.05, 0.1) is 0 Å². The van der Waals surface area contributed by atoms with Crippen LogP contribution in [-0.2, 0) is 0 Å². The van der Waals surface area contributed by atoms with Gasteiger partial charge in [-0.1, -0.05) is 0 Å². The average molecular weight is 166 g/mol. The first kappa shape index (κ1) is 9.16. The van der Waals surface area contributed by atoms with Crippen molar-refractivity contribution >= 4 is 0 Å². The van der Waals surface area contributed by atoms with Crippen LogP contribution >= 0.6 is 0 Å². The van der Waals surface area contributed by atoms with Gasteiger partial charge in [-0.05, 0) is 0 Å². The van der Waals surface area contributed by atoms with Crippen molar-refractivity contribution in [1.29, 1.82) is 0 Å². The molecule has 0 aliphatic rings. The minimum Gasteiger partial charge on any atom is -0.651 e. The fraction of sp³-hybridized carbons (Fsp3) is 1.00. The molecular formula is CN3O7-. The Morgan fingerprint density at radius 2 is 1.00 bits per heavy atom. The lowest BCUT2D eigenvalue weighted by molar-refractivity contribution is -1.10. The van der Waals surface area contributed by atoms with Gasteiger partial charge >= 0.3 is 5.97 Å². The van der Waals surface area contributed by atoms with E-state index in [2.05, 4.69) is 0 Å². The molecule has 11 heavy (non-hydrogen) atoms. The Morgan fingerprint density at radius 1 is 0.818 bits per heavy atom. The molecule has 0 saturated heterocycles. The molecule has 0 aromatic carbocycles. The molecule has 0 fully saturated rings. The van der Waals surface area contributed by atoms with Crippen LogP contribution in [0, 0.1) is 30.3 Å². The molecule has 0 aliphatic heterocycles. The zero-order chi connectivity index (χ0) is 9.23. The zero-order valence-corrected chi connectivity index (χ0v) is 4.70. The van der Waals surface area contributed by atoms with Crippen LogP contribution in [-0.4, -0.2) is 20.7 Å². The molecule has 0 aromatic heterocycles. The highest BCUT2D eigenvalue weighted by Crippen LogP contribution is 2.01. The predicted octanol–water partition coefficient (Wildman–Crippen LogP) is -2.21. The highest BCUT2D eigenvalue weighted by Gasteiger charge is 2.59. The van der Waals surface area contributed by atoms with Crippen LogP contribution in [0.5, 0.6) is 0 Å². The van der Waals surface area contributed by atoms with Gasteiger partial charge in [0.1, 0.15) is 0 Å². The van der Waals surface area contributed by atoms with Crippen LogP contribution in [0.2, 0.25) is 0 Å². The summed E-state index contributed by atoms with van der Waals surface area (Å²) in [5.41, 5.74) is 0. The molecule has 0 aliphatic carbocycles. The van der Waals surface area contributed by atoms with E-state index < -0.39 is 20.7 Å². The number of nitrogens with zero attached hydrogens (tertiary/aromatic N) is 3. The Bertz CT molecular complexity index is 184. The van der Waals surface area contributed by atoms with Crippen molar-refractivity contribution in [2.24, 2.45) is 0 Å². The number of hydrogen-bond acceptors (Lipinski definition) is 7. The topological polar surface area (TPSA) is 152 Å². The summed E-state index contributed by atoms with van der Waals surface area (Å²) in [6.07, 6.45) is 0. The van der Waals surface area contributed by atoms with E-state index in [0.29, 0.717) is 0 Å². The second-order valence-corrected chi connectivity index (χ2v) is 1.35. The maximum atomic E-state index is 10.1. The van der Waals surface area contributed by atoms with Crippen LogP contribution < -0.4 is 5.11 Å². The van der Waals surface area contributed by atoms with Gasteiger partial charge in [-0.2, -0.15) is 0 Å². The summed E-state index contributed by atoms with van der Waals surface area (Å²) >= 11 is 0. The summed E-state index contributed by atoms with van der Waals surface area (Å²) < 4.78 is 0. The van der Waals surface area contributed by atoms with Gasteiger partial charge < -0.3 is 5.11 Å². The molecule has 62 valence electrons. The highest BCUT2D eigenvalue weighted by atomic mass is 16.8. The smallest absolute Gasteiger partial charge is 0.651 e. The summed E-state index contributed by atoms with van der Waals surface area (Å²) in [4.78, 5) is 22.2. The largest absolute Gasteiger partial charge is 0.687 e. The highest BCUT2D eigenvalue weighted by molar-refractivity contribution is 4.27. The second kappa shape index (κ2) is 2.42. The van der Waals surface area contributed by atoms with Gasteiger partial charge in [0.25, 0.3) is 0 Å². The van der Waals surface area contributed by atoms with Crippen molar-refractivity contribution in [2.45, 2.75) is 5.97 Å². The molecule has 0 aromatic rings. The normalized spacial score (nSPS) is 10.6. The second-order valence-electron chi connectivity index (χ2n) is 1.35. The van der Waals surface area contributed by atoms with Gasteiger partial charge in [-0.3, -0.25) is 30.3 Å². The lowest BCUT2D eigenvalue weighted by Gasteiger charge is -2.09. The summed E-state index contributed by atoms with van der Waals surface area (Å²) in [5, 5.41) is 38.6. The molecule has 0 amide bonds. The van der Waals surface area contributed by atoms with Crippen LogP contribution in [0.4, 0.5) is 0 Å². The van der Waals surface area contributed by atoms with Gasteiger partial charge in [0.2, 0.25) is 0 Å². The summed E-state index contributed by atoms with van der Waals surface area (Å²) in [6.45, 7) is 0. The molecule has 0 saturated carbocycles. The number of nitro groups is 3. The van der Waals surface area contributed by atoms with Crippen LogP contribution in [0.1, 0.15) is 0 Å². The molecule has 0 N–H and O–H groups in total. The van der Waals surface area contributed by atoms with E-state index >= 15 is 0 Å². The molecule has 0 unspecified atom stereocenters. The van der Waals surface area contributed by atoms with Crippen LogP contribution in [0.25, 0.3) is 0 Å². The third-order valence-electron chi connectivity index (χ3n) is 0.714. The molecule has 10 nitrogen and oxygen atoms in total. The van der Waals surface area contributed by atoms with Crippen molar-refractivity contribution in [3.8, 4) is 0 Å². The number of hydrogen-bond donors (Lipinski definition) is 0. The summed E-state index contributed by atoms with van der Waals surface area (Å²) in [5.74, 6) is -4.58. The van der Waals surface area contributed by atoms with Crippen molar-refractivity contribution in [1.82, 2.24) is 0 Å². The van der Waals surface area contributed by atoms with Gasteiger partial charge in [0.15, 0.2) is 14.8 Å². The third kappa shape index (κ3) is 1.19. The first-order chi connectivity index (χ1) is 4.83. The zero-order valence-electron chi connectivity index (χ0n) is 4.70. The van der Waals surface area contributed by atoms with Crippen LogP contribution in [0.3, 0.4) is 0 Å². The van der Waals surface area contributed by atoms with E-state index in [1.54, 1.807) is 0 Å². The molecule has 10 heteroatoms. The van der Waals surface area contributed by atoms with Crippen molar-refractivity contribution in [3.05, 3.63) is 30.3 Å². The SMILES string of the molecule is O=[N+]([O-])C([O-])([N+](=O)[O-])[N+](=O)[O-]. The van der Waals surface area contributed by atoms with E-state index in [-0.39, 0.29) is 0 Å². The summed E-state index contributed by atoms with van der Waals surface area (Å²) in [6, 6.07) is 0. The Labute approximate surface area is 57.5 Å². The standard InChI is InChI=1S/CN3O7/c5-1(2(6)7,3(8)9)4(10)11/q-1. The Balaban J connectivity index is 4.99. The van der Waals surface area contributed by atoms with E-state index in [4.69, 9.17) is 0 Å². The Morgan fingerprint density at radius 3 is 1.00 bits per heavy atom. The molecule has 0 rings (SSSR count). The summed E-state index contributed by atoms with van der Waals surface area (Å²) in [7, 11) is 0. The van der Waals surface area contributed by atoms with Gasteiger partial charge in [0, 0.05) is 0 Å². The van der Waals surface area contributed by atoms with E-state index in [0.717, 1.165) is 0 Å². The first-order valence-electron chi connectivity index (χ1n) is 1.97. The van der Waals surface area contributed by atoms with Gasteiger partial charge in [-0.25, -0.2) is 0 Å². The Kier molecular flexibility index (Phi) is 2.01. The lowest BCUT2D eigenvalue weighted by atomic mass is 10.8. The van der Waals surface area contributed by atoms with Crippen LogP contribution in [0.15, 0.2) is 0 Å². The molecule has 0 radical (unpaired) electrons. The maximum absolute atomic E-state index is 10.1. The van der Waals surface area contributed by atoms with E-state index in [9.17, 15) is 35.4 Å². The van der Waals surface area contributed by atoms with Crippen molar-refractivity contribution < 1.29 is 19.9 Å². The molecule has 0 bridgehead atoms. The fourth-order valence-electron chi connectivity index (χ4n) is 0.200. The average Bonchev–Trinajstić information content (AvgIpc) is 1.84. The molecule has 0 spiro atoms. The monoisotopic (exact) mass is 166 g/mol. The molecule has 0 atom stereocenters. The van der Waals surface area contributed by atoms with E-state index in [1.165, 1.54) is 0 Å². The maximum Gasteiger partial charge on any atom is 0.687 e. The minimum absolute atomic E-state index is 2.12. The fourth-order valence-corrected chi connectivity index (χ4v) is 0.200. The third-order valence-corrected chi connectivity index (χ3v) is 0.714. The lowest BCUT2D eigenvalue weighted by Crippen LogP contribution is -2.63. The Hall–Kier alpha value is -1.84. The van der Waals surface area contributed by atoms with Gasteiger partial charge in [-0.15, -0.1) is 0 Å². The quantitative estimate of drug-likeness (QED) is 0.261. The molecule has 0 heterocycles. The predicted molar refractivity (Wildman–Crippen MR) is 23.7 cm³/mol. The minimum atomic E-state index is -4.58. The van der Waals surface area contributed by atoms with Crippen molar-refractivity contribution in [3.63, 3.8) is 0 Å². The van der Waals surface area contributed by atoms with Crippen molar-refractivity contribution in [2.75, 3.05) is 0 Å². The first-order valence-corrected chi connectivity index (χ1v) is 1.97. The van der Waals surface area contributed by atoms with E-state index in [1.807, 2.05) is 0 Å². The molecular weight excluding hydrogens is 166 g/mol.